The molecule has 7 heteroatoms. The number of anilines is 2. The summed E-state index contributed by atoms with van der Waals surface area (Å²) in [5.41, 5.74) is 4.88. The second-order valence-corrected chi connectivity index (χ2v) is 9.15. The van der Waals surface area contributed by atoms with E-state index in [9.17, 15) is 19.5 Å². The standard InChI is InChI=1S/C30H29N3O4/c1-18-13-19(2)27(20(3)14-18)33-30(37)32-25-17-23-12-8-7-11-22(23)16-24(25)28(34)31-26(29(35)36)15-21-9-5-4-6-10-21/h4-14,16-17,26H,15H2,1-3H3,(H,31,34)(H,35,36)(H2,32,33,37)/t26-/m0/s1. The quantitative estimate of drug-likeness (QED) is 0.259. The number of carbonyl (C=O) groups is 3. The van der Waals surface area contributed by atoms with Gasteiger partial charge in [0.1, 0.15) is 6.04 Å². The van der Waals surface area contributed by atoms with Gasteiger partial charge in [-0.3, -0.25) is 4.79 Å². The molecule has 1 atom stereocenters. The second-order valence-electron chi connectivity index (χ2n) is 9.15. The van der Waals surface area contributed by atoms with Crippen molar-refractivity contribution in [1.82, 2.24) is 5.32 Å². The molecule has 0 heterocycles. The van der Waals surface area contributed by atoms with Crippen LogP contribution in [0.3, 0.4) is 0 Å². The van der Waals surface area contributed by atoms with Crippen molar-refractivity contribution in [1.29, 1.82) is 0 Å². The molecule has 0 spiro atoms. The fourth-order valence-electron chi connectivity index (χ4n) is 4.46. The van der Waals surface area contributed by atoms with E-state index in [4.69, 9.17) is 0 Å². The van der Waals surface area contributed by atoms with Crippen molar-refractivity contribution in [3.63, 3.8) is 0 Å². The zero-order valence-electron chi connectivity index (χ0n) is 21.0. The Kier molecular flexibility index (Phi) is 7.53. The zero-order valence-corrected chi connectivity index (χ0v) is 21.0. The first-order valence-electron chi connectivity index (χ1n) is 12.0. The van der Waals surface area contributed by atoms with Crippen molar-refractivity contribution in [3.8, 4) is 0 Å². The van der Waals surface area contributed by atoms with E-state index in [1.54, 1.807) is 12.1 Å². The van der Waals surface area contributed by atoms with Gasteiger partial charge < -0.3 is 21.1 Å². The Balaban J connectivity index is 1.62. The number of hydrogen-bond donors (Lipinski definition) is 4. The van der Waals surface area contributed by atoms with E-state index < -0.39 is 23.9 Å². The third-order valence-corrected chi connectivity index (χ3v) is 6.18. The summed E-state index contributed by atoms with van der Waals surface area (Å²) in [6.07, 6.45) is 0.130. The lowest BCUT2D eigenvalue weighted by Crippen LogP contribution is -2.42. The fraction of sp³-hybridized carbons (Fsp3) is 0.167. The lowest BCUT2D eigenvalue weighted by molar-refractivity contribution is -0.139. The number of aliphatic carboxylic acids is 1. The number of benzene rings is 4. The summed E-state index contributed by atoms with van der Waals surface area (Å²) in [6.45, 7) is 5.83. The molecule has 4 aromatic carbocycles. The molecule has 0 saturated heterocycles. The van der Waals surface area contributed by atoms with Crippen LogP contribution >= 0.6 is 0 Å². The molecule has 0 aliphatic carbocycles. The number of carbonyl (C=O) groups excluding carboxylic acids is 2. The van der Waals surface area contributed by atoms with Gasteiger partial charge in [0.25, 0.3) is 5.91 Å². The van der Waals surface area contributed by atoms with Crippen molar-refractivity contribution in [2.45, 2.75) is 33.2 Å². The van der Waals surface area contributed by atoms with E-state index in [1.807, 2.05) is 87.5 Å². The average Bonchev–Trinajstić information content (AvgIpc) is 2.86. The van der Waals surface area contributed by atoms with Crippen molar-refractivity contribution in [2.75, 3.05) is 10.6 Å². The van der Waals surface area contributed by atoms with Gasteiger partial charge in [0.05, 0.1) is 11.3 Å². The molecule has 0 unspecified atom stereocenters. The summed E-state index contributed by atoms with van der Waals surface area (Å²) in [4.78, 5) is 38.3. The lowest BCUT2D eigenvalue weighted by atomic mass is 10.0. The predicted molar refractivity (Wildman–Crippen MR) is 146 cm³/mol. The van der Waals surface area contributed by atoms with Crippen LogP contribution < -0.4 is 16.0 Å². The number of carboxylic acid groups (broad SMARTS) is 1. The summed E-state index contributed by atoms with van der Waals surface area (Å²) in [7, 11) is 0. The number of urea groups is 1. The number of carboxylic acids is 1. The van der Waals surface area contributed by atoms with Gasteiger partial charge in [0.2, 0.25) is 0 Å². The van der Waals surface area contributed by atoms with Crippen LogP contribution in [0.2, 0.25) is 0 Å². The van der Waals surface area contributed by atoms with Gasteiger partial charge in [-0.15, -0.1) is 0 Å². The van der Waals surface area contributed by atoms with Crippen LogP contribution in [0.5, 0.6) is 0 Å². The van der Waals surface area contributed by atoms with Gasteiger partial charge in [0.15, 0.2) is 0 Å². The molecule has 0 fully saturated rings. The van der Waals surface area contributed by atoms with Crippen LogP contribution in [0.25, 0.3) is 10.8 Å². The lowest BCUT2D eigenvalue weighted by Gasteiger charge is -2.18. The number of hydrogen-bond acceptors (Lipinski definition) is 3. The third kappa shape index (κ3) is 6.13. The summed E-state index contributed by atoms with van der Waals surface area (Å²) >= 11 is 0. The minimum atomic E-state index is -1.14. The Hall–Kier alpha value is -4.65. The number of fused-ring (bicyclic) bond motifs is 1. The largest absolute Gasteiger partial charge is 0.480 e. The Bertz CT molecular complexity index is 1460. The van der Waals surface area contributed by atoms with Crippen LogP contribution in [0.1, 0.15) is 32.6 Å². The van der Waals surface area contributed by atoms with Gasteiger partial charge in [-0.25, -0.2) is 9.59 Å². The van der Waals surface area contributed by atoms with Gasteiger partial charge >= 0.3 is 12.0 Å². The van der Waals surface area contributed by atoms with Gasteiger partial charge in [-0.1, -0.05) is 72.3 Å². The summed E-state index contributed by atoms with van der Waals surface area (Å²) in [5, 5.41) is 19.7. The molecule has 4 rings (SSSR count). The Morgan fingerprint density at radius 3 is 2.00 bits per heavy atom. The number of rotatable bonds is 7. The molecule has 188 valence electrons. The van der Waals surface area contributed by atoms with Crippen LogP contribution in [0, 0.1) is 20.8 Å². The van der Waals surface area contributed by atoms with Crippen molar-refractivity contribution in [2.24, 2.45) is 0 Å². The van der Waals surface area contributed by atoms with Crippen molar-refractivity contribution >= 4 is 40.1 Å². The number of nitrogens with one attached hydrogen (secondary N) is 3. The number of amides is 3. The molecule has 0 saturated carbocycles. The van der Waals surface area contributed by atoms with Crippen LogP contribution in [-0.4, -0.2) is 29.1 Å². The highest BCUT2D eigenvalue weighted by atomic mass is 16.4. The predicted octanol–water partition coefficient (Wildman–Crippen LogP) is 5.83. The first kappa shape index (κ1) is 25.4. The Labute approximate surface area is 215 Å². The van der Waals surface area contributed by atoms with Gasteiger partial charge in [0, 0.05) is 12.1 Å². The fourth-order valence-corrected chi connectivity index (χ4v) is 4.46. The third-order valence-electron chi connectivity index (χ3n) is 6.18. The molecule has 0 aliphatic heterocycles. The first-order chi connectivity index (χ1) is 17.7. The molecule has 4 aromatic rings. The molecule has 0 aliphatic rings. The smallest absolute Gasteiger partial charge is 0.326 e. The molecule has 3 amide bonds. The highest BCUT2D eigenvalue weighted by Gasteiger charge is 2.23. The van der Waals surface area contributed by atoms with Crippen LogP contribution in [-0.2, 0) is 11.2 Å². The maximum absolute atomic E-state index is 13.4. The molecule has 0 aromatic heterocycles. The van der Waals surface area contributed by atoms with Crippen molar-refractivity contribution < 1.29 is 19.5 Å². The van der Waals surface area contributed by atoms with E-state index in [-0.39, 0.29) is 17.7 Å². The van der Waals surface area contributed by atoms with E-state index >= 15 is 0 Å². The average molecular weight is 496 g/mol. The highest BCUT2D eigenvalue weighted by molar-refractivity contribution is 6.10. The highest BCUT2D eigenvalue weighted by Crippen LogP contribution is 2.26. The Morgan fingerprint density at radius 1 is 0.784 bits per heavy atom. The maximum atomic E-state index is 13.4. The van der Waals surface area contributed by atoms with E-state index in [1.165, 1.54) is 0 Å². The molecule has 0 radical (unpaired) electrons. The van der Waals surface area contributed by atoms with Crippen LogP contribution in [0.15, 0.2) is 78.9 Å². The minimum Gasteiger partial charge on any atom is -0.480 e. The van der Waals surface area contributed by atoms with Gasteiger partial charge in [-0.05, 0) is 60.4 Å². The van der Waals surface area contributed by atoms with E-state index in [0.717, 1.165) is 33.0 Å². The molecule has 0 bridgehead atoms. The zero-order chi connectivity index (χ0) is 26.5. The minimum absolute atomic E-state index is 0.130. The van der Waals surface area contributed by atoms with E-state index in [0.29, 0.717) is 5.69 Å². The van der Waals surface area contributed by atoms with Crippen molar-refractivity contribution in [3.05, 3.63) is 107 Å². The number of aryl methyl sites for hydroxylation is 3. The molecule has 37 heavy (non-hydrogen) atoms. The monoisotopic (exact) mass is 495 g/mol. The normalized spacial score (nSPS) is 11.5. The summed E-state index contributed by atoms with van der Waals surface area (Å²) in [6, 6.07) is 22.2. The molecular weight excluding hydrogens is 466 g/mol. The Morgan fingerprint density at radius 2 is 1.38 bits per heavy atom. The molecule has 4 N–H and O–H groups in total. The van der Waals surface area contributed by atoms with E-state index in [2.05, 4.69) is 16.0 Å². The SMILES string of the molecule is Cc1cc(C)c(NC(=O)Nc2cc3ccccc3cc2C(=O)N[C@@H](Cc2ccccc2)C(=O)O)c(C)c1. The maximum Gasteiger partial charge on any atom is 0.326 e. The summed E-state index contributed by atoms with van der Waals surface area (Å²) in [5.74, 6) is -1.73. The summed E-state index contributed by atoms with van der Waals surface area (Å²) < 4.78 is 0. The molecular formula is C30H29N3O4. The van der Waals surface area contributed by atoms with Gasteiger partial charge in [-0.2, -0.15) is 0 Å². The molecule has 7 nitrogen and oxygen atoms in total. The van der Waals surface area contributed by atoms with Crippen LogP contribution in [0.4, 0.5) is 16.2 Å². The topological polar surface area (TPSA) is 108 Å². The first-order valence-corrected chi connectivity index (χ1v) is 12.0. The second kappa shape index (κ2) is 11.0.